The molecule has 1 N–H and O–H groups in total. The molecule has 2 rings (SSSR count). The van der Waals surface area contributed by atoms with Gasteiger partial charge in [-0.15, -0.1) is 0 Å². The fourth-order valence-electron chi connectivity index (χ4n) is 2.97. The molecule has 0 saturated carbocycles. The number of likely N-dealkylation sites (tertiary alicyclic amines) is 1. The summed E-state index contributed by atoms with van der Waals surface area (Å²) < 4.78 is 5.67. The van der Waals surface area contributed by atoms with Gasteiger partial charge in [-0.3, -0.25) is 4.79 Å². The van der Waals surface area contributed by atoms with Crippen LogP contribution in [0.4, 0.5) is 0 Å². The molecular formula is C19H27NO3. The third kappa shape index (κ3) is 5.39. The van der Waals surface area contributed by atoms with Gasteiger partial charge in [0.15, 0.2) is 0 Å². The number of hydrogen-bond donors (Lipinski definition) is 1. The third-order valence-electron chi connectivity index (χ3n) is 4.02. The minimum Gasteiger partial charge on any atom is -0.491 e. The van der Waals surface area contributed by atoms with Crippen LogP contribution in [-0.2, 0) is 4.79 Å². The zero-order valence-electron chi connectivity index (χ0n) is 14.1. The number of piperidine rings is 1. The number of aliphatic hydroxyl groups is 1. The Morgan fingerprint density at radius 1 is 1.43 bits per heavy atom. The fourth-order valence-corrected chi connectivity index (χ4v) is 2.97. The average molecular weight is 317 g/mol. The molecule has 1 unspecified atom stereocenters. The molecule has 4 nitrogen and oxygen atoms in total. The lowest BCUT2D eigenvalue weighted by molar-refractivity contribution is -0.129. The molecule has 0 radical (unpaired) electrons. The van der Waals surface area contributed by atoms with Crippen molar-refractivity contribution in [1.29, 1.82) is 0 Å². The van der Waals surface area contributed by atoms with Crippen molar-refractivity contribution in [2.75, 3.05) is 13.2 Å². The van der Waals surface area contributed by atoms with Gasteiger partial charge in [0.25, 0.3) is 0 Å². The van der Waals surface area contributed by atoms with Gasteiger partial charge in [-0.1, -0.05) is 12.1 Å². The van der Waals surface area contributed by atoms with Gasteiger partial charge >= 0.3 is 0 Å². The van der Waals surface area contributed by atoms with E-state index < -0.39 is 0 Å². The maximum absolute atomic E-state index is 12.4. The van der Waals surface area contributed by atoms with Crippen LogP contribution in [0.3, 0.4) is 0 Å². The fraction of sp³-hybridized carbons (Fsp3) is 0.526. The zero-order valence-corrected chi connectivity index (χ0v) is 14.1. The minimum absolute atomic E-state index is 0.0262. The number of carbonyl (C=O) groups is 1. The molecule has 1 heterocycles. The van der Waals surface area contributed by atoms with Gasteiger partial charge in [0.1, 0.15) is 5.75 Å². The molecule has 0 aliphatic carbocycles. The highest BCUT2D eigenvalue weighted by Gasteiger charge is 2.24. The molecule has 1 saturated heterocycles. The topological polar surface area (TPSA) is 49.8 Å². The van der Waals surface area contributed by atoms with Gasteiger partial charge in [-0.2, -0.15) is 0 Å². The van der Waals surface area contributed by atoms with E-state index in [9.17, 15) is 4.79 Å². The second kappa shape index (κ2) is 8.73. The van der Waals surface area contributed by atoms with Gasteiger partial charge in [-0.05, 0) is 63.3 Å². The molecular weight excluding hydrogens is 290 g/mol. The van der Waals surface area contributed by atoms with Crippen molar-refractivity contribution in [2.45, 2.75) is 51.7 Å². The molecule has 1 aliphatic rings. The number of hydrogen-bond acceptors (Lipinski definition) is 3. The summed E-state index contributed by atoms with van der Waals surface area (Å²) in [6.45, 7) is 4.89. The average Bonchev–Trinajstić information content (AvgIpc) is 2.53. The summed E-state index contributed by atoms with van der Waals surface area (Å²) in [4.78, 5) is 14.3. The van der Waals surface area contributed by atoms with E-state index in [2.05, 4.69) is 0 Å². The van der Waals surface area contributed by atoms with Crippen molar-refractivity contribution < 1.29 is 14.6 Å². The van der Waals surface area contributed by atoms with Gasteiger partial charge < -0.3 is 14.7 Å². The number of ether oxygens (including phenoxy) is 1. The summed E-state index contributed by atoms with van der Waals surface area (Å²) in [6.07, 6.45) is 7.41. The molecule has 1 aliphatic heterocycles. The van der Waals surface area contributed by atoms with Gasteiger partial charge in [0.05, 0.1) is 6.10 Å². The summed E-state index contributed by atoms with van der Waals surface area (Å²) in [5.74, 6) is 0.837. The Bertz CT molecular complexity index is 537. The second-order valence-corrected chi connectivity index (χ2v) is 6.27. The van der Waals surface area contributed by atoms with E-state index in [0.717, 1.165) is 37.1 Å². The summed E-state index contributed by atoms with van der Waals surface area (Å²) >= 11 is 0. The van der Waals surface area contributed by atoms with Gasteiger partial charge in [0.2, 0.25) is 5.91 Å². The highest BCUT2D eigenvalue weighted by molar-refractivity contribution is 5.92. The molecule has 0 bridgehead atoms. The van der Waals surface area contributed by atoms with Crippen molar-refractivity contribution in [3.8, 4) is 5.75 Å². The summed E-state index contributed by atoms with van der Waals surface area (Å²) in [7, 11) is 0. The van der Waals surface area contributed by atoms with Crippen LogP contribution >= 0.6 is 0 Å². The van der Waals surface area contributed by atoms with E-state index in [1.807, 2.05) is 49.1 Å². The first-order valence-electron chi connectivity index (χ1n) is 8.46. The van der Waals surface area contributed by atoms with Crippen LogP contribution in [-0.4, -0.2) is 41.2 Å². The van der Waals surface area contributed by atoms with E-state index in [1.54, 1.807) is 6.08 Å². The van der Waals surface area contributed by atoms with Crippen molar-refractivity contribution >= 4 is 12.0 Å². The van der Waals surface area contributed by atoms with Crippen molar-refractivity contribution in [3.63, 3.8) is 0 Å². The Morgan fingerprint density at radius 3 is 3.00 bits per heavy atom. The zero-order chi connectivity index (χ0) is 16.7. The first-order valence-corrected chi connectivity index (χ1v) is 8.46. The van der Waals surface area contributed by atoms with Crippen molar-refractivity contribution in [3.05, 3.63) is 35.9 Å². The van der Waals surface area contributed by atoms with Crippen LogP contribution in [0.1, 0.15) is 45.1 Å². The first kappa shape index (κ1) is 17.5. The van der Waals surface area contributed by atoms with Crippen molar-refractivity contribution in [2.24, 2.45) is 0 Å². The van der Waals surface area contributed by atoms with E-state index >= 15 is 0 Å². The van der Waals surface area contributed by atoms with E-state index in [-0.39, 0.29) is 24.7 Å². The predicted octanol–water partition coefficient (Wildman–Crippen LogP) is 3.25. The lowest BCUT2D eigenvalue weighted by Crippen LogP contribution is -2.43. The number of amides is 1. The summed E-state index contributed by atoms with van der Waals surface area (Å²) in [5.41, 5.74) is 0.951. The van der Waals surface area contributed by atoms with E-state index in [0.29, 0.717) is 6.42 Å². The van der Waals surface area contributed by atoms with E-state index in [4.69, 9.17) is 9.84 Å². The van der Waals surface area contributed by atoms with Gasteiger partial charge in [0, 0.05) is 25.3 Å². The molecule has 126 valence electrons. The lowest BCUT2D eigenvalue weighted by Gasteiger charge is -2.34. The Hall–Kier alpha value is -1.81. The number of aliphatic hydroxyl groups excluding tert-OH is 1. The lowest BCUT2D eigenvalue weighted by atomic mass is 9.99. The molecule has 1 fully saturated rings. The van der Waals surface area contributed by atoms with Crippen LogP contribution in [0.5, 0.6) is 5.75 Å². The predicted molar refractivity (Wildman–Crippen MR) is 92.3 cm³/mol. The minimum atomic E-state index is 0.0262. The SMILES string of the molecule is CC(C)Oc1cccc(/C=C/C(=O)N2CCCCC2CCO)c1. The highest BCUT2D eigenvalue weighted by atomic mass is 16.5. The summed E-state index contributed by atoms with van der Waals surface area (Å²) in [5, 5.41) is 9.16. The molecule has 1 aromatic carbocycles. The van der Waals surface area contributed by atoms with Crippen LogP contribution in [0.2, 0.25) is 0 Å². The third-order valence-corrected chi connectivity index (χ3v) is 4.02. The van der Waals surface area contributed by atoms with Crippen LogP contribution in [0.15, 0.2) is 30.3 Å². The second-order valence-electron chi connectivity index (χ2n) is 6.27. The van der Waals surface area contributed by atoms with Gasteiger partial charge in [-0.25, -0.2) is 0 Å². The largest absolute Gasteiger partial charge is 0.491 e. The maximum Gasteiger partial charge on any atom is 0.246 e. The standard InChI is InChI=1S/C19H27NO3/c1-15(2)23-18-8-5-6-16(14-18)9-10-19(22)20-12-4-3-7-17(20)11-13-21/h5-6,8-10,14-15,17,21H,3-4,7,11-13H2,1-2H3/b10-9+. The smallest absolute Gasteiger partial charge is 0.246 e. The summed E-state index contributed by atoms with van der Waals surface area (Å²) in [6, 6.07) is 7.91. The first-order chi connectivity index (χ1) is 11.1. The number of benzene rings is 1. The van der Waals surface area contributed by atoms with Crippen LogP contribution in [0.25, 0.3) is 6.08 Å². The molecule has 23 heavy (non-hydrogen) atoms. The molecule has 1 amide bonds. The molecule has 4 heteroatoms. The molecule has 0 aromatic heterocycles. The Balaban J connectivity index is 2.02. The van der Waals surface area contributed by atoms with Crippen molar-refractivity contribution in [1.82, 2.24) is 4.90 Å². The Morgan fingerprint density at radius 2 is 2.26 bits per heavy atom. The number of rotatable bonds is 6. The Kier molecular flexibility index (Phi) is 6.66. The quantitative estimate of drug-likeness (QED) is 0.819. The number of carbonyl (C=O) groups excluding carboxylic acids is 1. The molecule has 0 spiro atoms. The van der Waals surface area contributed by atoms with Crippen LogP contribution < -0.4 is 4.74 Å². The monoisotopic (exact) mass is 317 g/mol. The molecule has 1 aromatic rings. The molecule has 1 atom stereocenters. The Labute approximate surface area is 138 Å². The normalized spacial score (nSPS) is 18.6. The van der Waals surface area contributed by atoms with E-state index in [1.165, 1.54) is 0 Å². The van der Waals surface area contributed by atoms with Crippen LogP contribution in [0, 0.1) is 0 Å². The maximum atomic E-state index is 12.4. The highest BCUT2D eigenvalue weighted by Crippen LogP contribution is 2.21. The number of nitrogens with zero attached hydrogens (tertiary/aromatic N) is 1.